The number of benzene rings is 1. The summed E-state index contributed by atoms with van der Waals surface area (Å²) in [4.78, 5) is 4.38. The van der Waals surface area contributed by atoms with Crippen LogP contribution in [0.15, 0.2) is 36.5 Å². The molecule has 0 aliphatic carbocycles. The van der Waals surface area contributed by atoms with Crippen LogP contribution in [0.25, 0.3) is 0 Å². The van der Waals surface area contributed by atoms with Crippen molar-refractivity contribution in [2.45, 2.75) is 26.7 Å². The Balaban J connectivity index is 2.15. The predicted octanol–water partition coefficient (Wildman–Crippen LogP) is 4.66. The molecule has 0 radical (unpaired) electrons. The van der Waals surface area contributed by atoms with Crippen molar-refractivity contribution in [1.29, 1.82) is 0 Å². The fourth-order valence-electron chi connectivity index (χ4n) is 2.03. The summed E-state index contributed by atoms with van der Waals surface area (Å²) in [6.07, 6.45) is 3.30. The molecular weight excluding hydrogens is 261 g/mol. The van der Waals surface area contributed by atoms with E-state index < -0.39 is 0 Å². The Labute approximate surface area is 118 Å². The Kier molecular flexibility index (Phi) is 4.54. The van der Waals surface area contributed by atoms with Gasteiger partial charge >= 0.3 is 0 Å². The highest BCUT2D eigenvalue weighted by Gasteiger charge is 2.08. The molecule has 1 heterocycles. The molecule has 0 N–H and O–H groups in total. The number of halogens is 2. The average molecular weight is 278 g/mol. The van der Waals surface area contributed by atoms with E-state index in [1.165, 1.54) is 11.6 Å². The van der Waals surface area contributed by atoms with Crippen LogP contribution in [0.4, 0.5) is 4.39 Å². The smallest absolute Gasteiger partial charge is 0.128 e. The van der Waals surface area contributed by atoms with Crippen LogP contribution >= 0.6 is 11.6 Å². The summed E-state index contributed by atoms with van der Waals surface area (Å²) in [6.45, 7) is 4.35. The van der Waals surface area contributed by atoms with E-state index in [0.717, 1.165) is 12.1 Å². The van der Waals surface area contributed by atoms with Gasteiger partial charge in [-0.25, -0.2) is 4.39 Å². The van der Waals surface area contributed by atoms with E-state index in [1.807, 2.05) is 12.3 Å². The first-order valence-electron chi connectivity index (χ1n) is 6.43. The molecule has 3 heteroatoms. The topological polar surface area (TPSA) is 12.9 Å². The second kappa shape index (κ2) is 6.16. The predicted molar refractivity (Wildman–Crippen MR) is 77.0 cm³/mol. The maximum absolute atomic E-state index is 13.7. The Morgan fingerprint density at radius 1 is 1.21 bits per heavy atom. The zero-order valence-corrected chi connectivity index (χ0v) is 11.9. The van der Waals surface area contributed by atoms with Gasteiger partial charge in [0.2, 0.25) is 0 Å². The van der Waals surface area contributed by atoms with E-state index in [0.29, 0.717) is 22.9 Å². The van der Waals surface area contributed by atoms with Gasteiger partial charge < -0.3 is 0 Å². The highest BCUT2D eigenvalue weighted by molar-refractivity contribution is 6.31. The summed E-state index contributed by atoms with van der Waals surface area (Å²) in [7, 11) is 0. The molecule has 1 nitrogen and oxygen atoms in total. The number of rotatable bonds is 4. The molecule has 0 saturated carbocycles. The molecule has 19 heavy (non-hydrogen) atoms. The van der Waals surface area contributed by atoms with Crippen molar-refractivity contribution in [2.75, 3.05) is 0 Å². The van der Waals surface area contributed by atoms with Crippen molar-refractivity contribution in [3.05, 3.63) is 64.2 Å². The van der Waals surface area contributed by atoms with E-state index in [-0.39, 0.29) is 5.82 Å². The van der Waals surface area contributed by atoms with E-state index in [2.05, 4.69) is 24.9 Å². The Hall–Kier alpha value is -1.41. The normalized spacial score (nSPS) is 11.0. The maximum atomic E-state index is 13.7. The van der Waals surface area contributed by atoms with E-state index in [4.69, 9.17) is 11.6 Å². The Bertz CT molecular complexity index is 529. The van der Waals surface area contributed by atoms with Crippen LogP contribution in [0.5, 0.6) is 0 Å². The van der Waals surface area contributed by atoms with Crippen molar-refractivity contribution in [2.24, 2.45) is 5.92 Å². The summed E-state index contributed by atoms with van der Waals surface area (Å²) in [5, 5.41) is 0.452. The first-order valence-corrected chi connectivity index (χ1v) is 6.80. The summed E-state index contributed by atoms with van der Waals surface area (Å²) < 4.78 is 13.7. The van der Waals surface area contributed by atoms with Crippen LogP contribution in [0.2, 0.25) is 5.02 Å². The lowest BCUT2D eigenvalue weighted by Crippen LogP contribution is -1.99. The van der Waals surface area contributed by atoms with Crippen molar-refractivity contribution in [3.8, 4) is 0 Å². The van der Waals surface area contributed by atoms with Gasteiger partial charge in [0.15, 0.2) is 0 Å². The third-order valence-corrected chi connectivity index (χ3v) is 3.30. The third-order valence-electron chi connectivity index (χ3n) is 2.95. The van der Waals surface area contributed by atoms with Crippen molar-refractivity contribution >= 4 is 11.6 Å². The van der Waals surface area contributed by atoms with Crippen LogP contribution in [-0.2, 0) is 12.8 Å². The SMILES string of the molecule is CC(C)Cc1ccc(Cc2c(F)cccc2Cl)nc1. The maximum Gasteiger partial charge on any atom is 0.128 e. The average Bonchev–Trinajstić information content (AvgIpc) is 2.35. The number of nitrogens with zero attached hydrogens (tertiary/aromatic N) is 1. The van der Waals surface area contributed by atoms with Crippen LogP contribution in [0.1, 0.15) is 30.7 Å². The van der Waals surface area contributed by atoms with E-state index in [1.54, 1.807) is 12.1 Å². The van der Waals surface area contributed by atoms with Gasteiger partial charge in [0, 0.05) is 28.9 Å². The fraction of sp³-hybridized carbons (Fsp3) is 0.312. The Morgan fingerprint density at radius 2 is 2.00 bits per heavy atom. The summed E-state index contributed by atoms with van der Waals surface area (Å²) in [5.74, 6) is 0.328. The van der Waals surface area contributed by atoms with Gasteiger partial charge in [-0.3, -0.25) is 4.98 Å². The van der Waals surface area contributed by atoms with Crippen LogP contribution in [-0.4, -0.2) is 4.98 Å². The number of aromatic nitrogens is 1. The molecule has 0 unspecified atom stereocenters. The molecule has 0 spiro atoms. The minimum Gasteiger partial charge on any atom is -0.261 e. The Morgan fingerprint density at radius 3 is 2.58 bits per heavy atom. The number of pyridine rings is 1. The molecule has 100 valence electrons. The van der Waals surface area contributed by atoms with E-state index in [9.17, 15) is 4.39 Å². The van der Waals surface area contributed by atoms with Gasteiger partial charge in [0.1, 0.15) is 5.82 Å². The summed E-state index contributed by atoms with van der Waals surface area (Å²) >= 11 is 6.01. The summed E-state index contributed by atoms with van der Waals surface area (Å²) in [6, 6.07) is 8.74. The first-order chi connectivity index (χ1) is 9.06. The molecular formula is C16H17ClFN. The zero-order valence-electron chi connectivity index (χ0n) is 11.2. The van der Waals surface area contributed by atoms with Gasteiger partial charge in [-0.05, 0) is 36.1 Å². The molecule has 0 aliphatic heterocycles. The highest BCUT2D eigenvalue weighted by Crippen LogP contribution is 2.21. The highest BCUT2D eigenvalue weighted by atomic mass is 35.5. The molecule has 1 aromatic carbocycles. The van der Waals surface area contributed by atoms with Crippen molar-refractivity contribution in [3.63, 3.8) is 0 Å². The minimum atomic E-state index is -0.277. The second-order valence-electron chi connectivity index (χ2n) is 5.13. The molecule has 0 saturated heterocycles. The molecule has 0 atom stereocenters. The zero-order chi connectivity index (χ0) is 13.8. The standard InChI is InChI=1S/C16H17ClFN/c1-11(2)8-12-6-7-13(19-10-12)9-14-15(17)4-3-5-16(14)18/h3-7,10-11H,8-9H2,1-2H3. The lowest BCUT2D eigenvalue weighted by molar-refractivity contribution is 0.613. The first kappa shape index (κ1) is 14.0. The lowest BCUT2D eigenvalue weighted by atomic mass is 10.0. The van der Waals surface area contributed by atoms with Crippen LogP contribution in [0, 0.1) is 11.7 Å². The van der Waals surface area contributed by atoms with Crippen LogP contribution in [0.3, 0.4) is 0 Å². The van der Waals surface area contributed by atoms with E-state index >= 15 is 0 Å². The molecule has 2 aromatic rings. The second-order valence-corrected chi connectivity index (χ2v) is 5.54. The quantitative estimate of drug-likeness (QED) is 0.792. The van der Waals surface area contributed by atoms with Crippen LogP contribution < -0.4 is 0 Å². The molecule has 0 aliphatic rings. The number of hydrogen-bond acceptors (Lipinski definition) is 1. The third kappa shape index (κ3) is 3.77. The van der Waals surface area contributed by atoms with Gasteiger partial charge in [-0.15, -0.1) is 0 Å². The summed E-state index contributed by atoms with van der Waals surface area (Å²) in [5.41, 5.74) is 2.55. The molecule has 0 amide bonds. The molecule has 0 fully saturated rings. The fourth-order valence-corrected chi connectivity index (χ4v) is 2.26. The van der Waals surface area contributed by atoms with Gasteiger partial charge in [-0.1, -0.05) is 37.6 Å². The molecule has 0 bridgehead atoms. The largest absolute Gasteiger partial charge is 0.261 e. The monoisotopic (exact) mass is 277 g/mol. The van der Waals surface area contributed by atoms with Gasteiger partial charge in [-0.2, -0.15) is 0 Å². The minimum absolute atomic E-state index is 0.277. The van der Waals surface area contributed by atoms with Crippen molar-refractivity contribution in [1.82, 2.24) is 4.98 Å². The van der Waals surface area contributed by atoms with Crippen molar-refractivity contribution < 1.29 is 4.39 Å². The lowest BCUT2D eigenvalue weighted by Gasteiger charge is -2.07. The number of hydrogen-bond donors (Lipinski definition) is 0. The van der Waals surface area contributed by atoms with Gasteiger partial charge in [0.05, 0.1) is 0 Å². The molecule has 1 aromatic heterocycles. The van der Waals surface area contributed by atoms with Gasteiger partial charge in [0.25, 0.3) is 0 Å². The molecule has 2 rings (SSSR count).